The Balaban J connectivity index is 2.65. The van der Waals surface area contributed by atoms with Gasteiger partial charge in [-0.15, -0.1) is 0 Å². The van der Waals surface area contributed by atoms with Gasteiger partial charge in [-0.3, -0.25) is 0 Å². The minimum absolute atomic E-state index is 0.130. The summed E-state index contributed by atoms with van der Waals surface area (Å²) in [6, 6.07) is 0. The molecule has 0 saturated carbocycles. The zero-order chi connectivity index (χ0) is 15.6. The lowest BCUT2D eigenvalue weighted by Crippen LogP contribution is -2.25. The summed E-state index contributed by atoms with van der Waals surface area (Å²) < 4.78 is 17.8. The largest absolute Gasteiger partial charge is 0.540 e. The standard InChI is InChI=1S/C15H30O3SSi/c1-14(2,3)19-13(18-20(6,7)8)10-9-12-11-16-15(4,5)17-12/h10,12H,9,11H2,1-8H3/b13-10+/t12-/m0/s1. The van der Waals surface area contributed by atoms with Crippen molar-refractivity contribution in [3.63, 3.8) is 0 Å². The first-order chi connectivity index (χ1) is 8.86. The highest BCUT2D eigenvalue weighted by Crippen LogP contribution is 2.34. The van der Waals surface area contributed by atoms with Gasteiger partial charge in [0.15, 0.2) is 5.79 Å². The lowest BCUT2D eigenvalue weighted by Gasteiger charge is -2.26. The molecular formula is C15H30O3SSi. The van der Waals surface area contributed by atoms with E-state index in [2.05, 4.69) is 46.5 Å². The Morgan fingerprint density at radius 1 is 1.35 bits per heavy atom. The van der Waals surface area contributed by atoms with E-state index in [0.717, 1.165) is 11.5 Å². The van der Waals surface area contributed by atoms with Crippen molar-refractivity contribution in [3.8, 4) is 0 Å². The molecule has 1 rings (SSSR count). The smallest absolute Gasteiger partial charge is 0.242 e. The van der Waals surface area contributed by atoms with Gasteiger partial charge in [0.1, 0.15) is 5.09 Å². The van der Waals surface area contributed by atoms with E-state index in [1.165, 1.54) is 0 Å². The Hall–Kier alpha value is 0.0269. The molecule has 0 aromatic rings. The maximum absolute atomic E-state index is 6.19. The predicted octanol–water partition coefficient (Wildman–Crippen LogP) is 4.75. The van der Waals surface area contributed by atoms with Gasteiger partial charge in [0, 0.05) is 4.75 Å². The number of ether oxygens (including phenoxy) is 2. The van der Waals surface area contributed by atoms with E-state index in [4.69, 9.17) is 13.9 Å². The molecule has 0 amide bonds. The summed E-state index contributed by atoms with van der Waals surface area (Å²) in [5, 5.41) is 1.03. The zero-order valence-corrected chi connectivity index (χ0v) is 16.0. The van der Waals surface area contributed by atoms with Gasteiger partial charge < -0.3 is 13.9 Å². The van der Waals surface area contributed by atoms with E-state index < -0.39 is 14.1 Å². The minimum atomic E-state index is -1.59. The van der Waals surface area contributed by atoms with Crippen LogP contribution in [0.2, 0.25) is 19.6 Å². The SMILES string of the molecule is CC1(C)OC[C@H](C/C=C(\O[Si](C)(C)C)SC(C)(C)C)O1. The second-order valence-corrected chi connectivity index (χ2v) is 13.9. The van der Waals surface area contributed by atoms with Crippen molar-refractivity contribution >= 4 is 20.1 Å². The Bertz CT molecular complexity index is 335. The topological polar surface area (TPSA) is 27.7 Å². The molecule has 1 saturated heterocycles. The van der Waals surface area contributed by atoms with Crippen LogP contribution < -0.4 is 0 Å². The third-order valence-electron chi connectivity index (χ3n) is 2.43. The summed E-state index contributed by atoms with van der Waals surface area (Å²) in [6.07, 6.45) is 3.14. The van der Waals surface area contributed by atoms with Crippen molar-refractivity contribution in [1.29, 1.82) is 0 Å². The Morgan fingerprint density at radius 3 is 2.35 bits per heavy atom. The summed E-state index contributed by atoms with van der Waals surface area (Å²) in [7, 11) is -1.59. The second-order valence-electron chi connectivity index (χ2n) is 7.64. The summed E-state index contributed by atoms with van der Waals surface area (Å²) in [6.45, 7) is 17.8. The highest BCUT2D eigenvalue weighted by atomic mass is 32.2. The molecule has 0 radical (unpaired) electrons. The van der Waals surface area contributed by atoms with Gasteiger partial charge in [-0.2, -0.15) is 0 Å². The van der Waals surface area contributed by atoms with Gasteiger partial charge in [0.2, 0.25) is 8.32 Å². The van der Waals surface area contributed by atoms with Crippen LogP contribution in [0, 0.1) is 0 Å². The van der Waals surface area contributed by atoms with Crippen LogP contribution >= 0.6 is 11.8 Å². The third-order valence-corrected chi connectivity index (χ3v) is 4.47. The van der Waals surface area contributed by atoms with Crippen molar-refractivity contribution in [1.82, 2.24) is 0 Å². The van der Waals surface area contributed by atoms with Gasteiger partial charge in [-0.05, 0) is 46.0 Å². The molecule has 0 spiro atoms. The second kappa shape index (κ2) is 6.42. The van der Waals surface area contributed by atoms with Crippen molar-refractivity contribution in [2.24, 2.45) is 0 Å². The van der Waals surface area contributed by atoms with E-state index in [9.17, 15) is 0 Å². The number of hydrogen-bond acceptors (Lipinski definition) is 4. The molecule has 20 heavy (non-hydrogen) atoms. The molecule has 0 aromatic carbocycles. The molecule has 0 bridgehead atoms. The normalized spacial score (nSPS) is 24.0. The van der Waals surface area contributed by atoms with Crippen LogP contribution in [0.4, 0.5) is 0 Å². The molecule has 0 unspecified atom stereocenters. The number of thioether (sulfide) groups is 1. The first kappa shape index (κ1) is 18.1. The van der Waals surface area contributed by atoms with Gasteiger partial charge in [0.05, 0.1) is 12.7 Å². The Labute approximate surface area is 129 Å². The molecule has 5 heteroatoms. The predicted molar refractivity (Wildman–Crippen MR) is 89.4 cm³/mol. The molecule has 1 aliphatic heterocycles. The van der Waals surface area contributed by atoms with E-state index in [1.807, 2.05) is 13.8 Å². The maximum atomic E-state index is 6.19. The average Bonchev–Trinajstić information content (AvgIpc) is 2.50. The summed E-state index contributed by atoms with van der Waals surface area (Å²) in [5.74, 6) is -0.449. The lowest BCUT2D eigenvalue weighted by molar-refractivity contribution is -0.137. The van der Waals surface area contributed by atoms with E-state index in [-0.39, 0.29) is 10.9 Å². The first-order valence-corrected chi connectivity index (χ1v) is 11.5. The van der Waals surface area contributed by atoms with Crippen LogP contribution in [-0.4, -0.2) is 31.6 Å². The Kier molecular flexibility index (Phi) is 5.81. The fourth-order valence-electron chi connectivity index (χ4n) is 1.81. The van der Waals surface area contributed by atoms with Crippen LogP contribution in [0.25, 0.3) is 0 Å². The monoisotopic (exact) mass is 318 g/mol. The molecule has 0 aliphatic carbocycles. The van der Waals surface area contributed by atoms with Crippen molar-refractivity contribution in [2.75, 3.05) is 6.61 Å². The first-order valence-electron chi connectivity index (χ1n) is 7.26. The highest BCUT2D eigenvalue weighted by molar-refractivity contribution is 8.04. The van der Waals surface area contributed by atoms with Gasteiger partial charge >= 0.3 is 0 Å². The third kappa shape index (κ3) is 7.72. The summed E-state index contributed by atoms with van der Waals surface area (Å²) in [5.41, 5.74) is 0. The molecule has 3 nitrogen and oxygen atoms in total. The van der Waals surface area contributed by atoms with Gasteiger partial charge in [-0.1, -0.05) is 32.5 Å². The molecule has 118 valence electrons. The highest BCUT2D eigenvalue weighted by Gasteiger charge is 2.32. The summed E-state index contributed by atoms with van der Waals surface area (Å²) >= 11 is 1.79. The fraction of sp³-hybridized carbons (Fsp3) is 0.867. The van der Waals surface area contributed by atoms with E-state index >= 15 is 0 Å². The van der Waals surface area contributed by atoms with Crippen LogP contribution in [0.3, 0.4) is 0 Å². The van der Waals surface area contributed by atoms with Crippen LogP contribution in [0.5, 0.6) is 0 Å². The van der Waals surface area contributed by atoms with Crippen molar-refractivity contribution in [3.05, 3.63) is 11.2 Å². The van der Waals surface area contributed by atoms with Gasteiger partial charge in [0.25, 0.3) is 0 Å². The van der Waals surface area contributed by atoms with Crippen LogP contribution in [0.15, 0.2) is 11.2 Å². The van der Waals surface area contributed by atoms with Crippen molar-refractivity contribution in [2.45, 2.75) is 77.3 Å². The molecule has 1 atom stereocenters. The maximum Gasteiger partial charge on any atom is 0.242 e. The molecule has 0 N–H and O–H groups in total. The average molecular weight is 319 g/mol. The van der Waals surface area contributed by atoms with Crippen LogP contribution in [-0.2, 0) is 13.9 Å². The molecule has 0 aromatic heterocycles. The van der Waals surface area contributed by atoms with Gasteiger partial charge in [-0.25, -0.2) is 0 Å². The molecular weight excluding hydrogens is 288 g/mol. The fourth-order valence-corrected chi connectivity index (χ4v) is 4.20. The Morgan fingerprint density at radius 2 is 1.95 bits per heavy atom. The van der Waals surface area contributed by atoms with Crippen LogP contribution in [0.1, 0.15) is 41.0 Å². The van der Waals surface area contributed by atoms with E-state index in [0.29, 0.717) is 6.61 Å². The number of rotatable bonds is 5. The minimum Gasteiger partial charge on any atom is -0.540 e. The molecule has 1 heterocycles. The molecule has 1 aliphatic rings. The summed E-state index contributed by atoms with van der Waals surface area (Å²) in [4.78, 5) is 0. The quantitative estimate of drug-likeness (QED) is 0.540. The van der Waals surface area contributed by atoms with Crippen molar-refractivity contribution < 1.29 is 13.9 Å². The lowest BCUT2D eigenvalue weighted by atomic mass is 10.2. The van der Waals surface area contributed by atoms with E-state index in [1.54, 1.807) is 11.8 Å². The molecule has 1 fully saturated rings. The number of hydrogen-bond donors (Lipinski definition) is 0. The zero-order valence-electron chi connectivity index (χ0n) is 14.2.